The van der Waals surface area contributed by atoms with E-state index in [0.717, 1.165) is 0 Å². The molecular weight excluding hydrogens is 290 g/mol. The fourth-order valence-corrected chi connectivity index (χ4v) is 3.48. The number of rotatable bonds is 3. The minimum absolute atomic E-state index is 0.190. The minimum atomic E-state index is -3.66. The van der Waals surface area contributed by atoms with Crippen LogP contribution in [-0.4, -0.2) is 21.6 Å². The van der Waals surface area contributed by atoms with E-state index < -0.39 is 10.0 Å². The molecule has 1 N–H and O–H groups in total. The van der Waals surface area contributed by atoms with Gasteiger partial charge in [0.1, 0.15) is 13.2 Å². The molecule has 0 atom stereocenters. The summed E-state index contributed by atoms with van der Waals surface area (Å²) in [5, 5.41) is 0. The van der Waals surface area contributed by atoms with Gasteiger partial charge in [0, 0.05) is 11.8 Å². The quantitative estimate of drug-likeness (QED) is 0.946. The highest BCUT2D eigenvalue weighted by molar-refractivity contribution is 7.92. The van der Waals surface area contributed by atoms with Gasteiger partial charge in [-0.2, -0.15) is 0 Å². The molecule has 1 aliphatic heterocycles. The van der Waals surface area contributed by atoms with Crippen molar-refractivity contribution in [3.8, 4) is 11.5 Å². The fraction of sp³-hybridized carbons (Fsp3) is 0.200. The Labute approximate surface area is 123 Å². The Morgan fingerprint density at radius 2 is 1.62 bits per heavy atom. The van der Waals surface area contributed by atoms with E-state index >= 15 is 0 Å². The normalized spacial score (nSPS) is 13.8. The molecule has 0 bridgehead atoms. The lowest BCUT2D eigenvalue weighted by atomic mass is 10.2. The maximum atomic E-state index is 12.5. The average Bonchev–Trinajstić information content (AvgIpc) is 2.47. The van der Waals surface area contributed by atoms with Crippen LogP contribution in [0.25, 0.3) is 0 Å². The lowest BCUT2D eigenvalue weighted by Gasteiger charge is -2.20. The van der Waals surface area contributed by atoms with E-state index in [1.165, 1.54) is 6.07 Å². The van der Waals surface area contributed by atoms with Gasteiger partial charge in [-0.1, -0.05) is 18.2 Å². The lowest BCUT2D eigenvalue weighted by Crippen LogP contribution is -2.18. The predicted molar refractivity (Wildman–Crippen MR) is 79.4 cm³/mol. The maximum absolute atomic E-state index is 12.5. The van der Waals surface area contributed by atoms with Crippen LogP contribution >= 0.6 is 0 Å². The van der Waals surface area contributed by atoms with Crippen molar-refractivity contribution in [2.45, 2.75) is 11.8 Å². The van der Waals surface area contributed by atoms with Crippen LogP contribution in [-0.2, 0) is 10.0 Å². The third-order valence-corrected chi connectivity index (χ3v) is 4.68. The smallest absolute Gasteiger partial charge is 0.262 e. The van der Waals surface area contributed by atoms with Crippen LogP contribution in [0.15, 0.2) is 47.4 Å². The molecule has 2 aromatic carbocycles. The van der Waals surface area contributed by atoms with Crippen molar-refractivity contribution in [3.63, 3.8) is 0 Å². The lowest BCUT2D eigenvalue weighted by molar-refractivity contribution is 0.171. The van der Waals surface area contributed by atoms with Crippen LogP contribution in [0.3, 0.4) is 0 Å². The molecule has 0 fully saturated rings. The van der Waals surface area contributed by atoms with Crippen LogP contribution in [0.1, 0.15) is 5.56 Å². The standard InChI is InChI=1S/C15H15NO4S/c1-11-9-13-14(20-8-7-19-13)10-15(11)21(17,18)16-12-5-3-2-4-6-12/h2-6,9-10,16H,7-8H2,1H3. The van der Waals surface area contributed by atoms with Crippen molar-refractivity contribution >= 4 is 15.7 Å². The van der Waals surface area contributed by atoms with Crippen LogP contribution < -0.4 is 14.2 Å². The van der Waals surface area contributed by atoms with Gasteiger partial charge >= 0.3 is 0 Å². The second kappa shape index (κ2) is 5.29. The maximum Gasteiger partial charge on any atom is 0.262 e. The summed E-state index contributed by atoms with van der Waals surface area (Å²) in [5.74, 6) is 1.04. The summed E-state index contributed by atoms with van der Waals surface area (Å²) in [7, 11) is -3.66. The summed E-state index contributed by atoms with van der Waals surface area (Å²) >= 11 is 0. The summed E-state index contributed by atoms with van der Waals surface area (Å²) in [6.07, 6.45) is 0. The first-order valence-electron chi connectivity index (χ1n) is 6.54. The molecule has 1 heterocycles. The zero-order chi connectivity index (χ0) is 14.9. The average molecular weight is 305 g/mol. The number of ether oxygens (including phenoxy) is 2. The van der Waals surface area contributed by atoms with E-state index in [1.807, 2.05) is 6.07 Å². The molecule has 1 aliphatic rings. The molecule has 0 saturated carbocycles. The van der Waals surface area contributed by atoms with Gasteiger partial charge in [0.2, 0.25) is 0 Å². The zero-order valence-electron chi connectivity index (χ0n) is 11.5. The number of hydrogen-bond acceptors (Lipinski definition) is 4. The van der Waals surface area contributed by atoms with Crippen molar-refractivity contribution in [3.05, 3.63) is 48.0 Å². The summed E-state index contributed by atoms with van der Waals surface area (Å²) < 4.78 is 38.5. The highest BCUT2D eigenvalue weighted by Gasteiger charge is 2.22. The van der Waals surface area contributed by atoms with Gasteiger partial charge in [0.05, 0.1) is 4.90 Å². The van der Waals surface area contributed by atoms with E-state index in [9.17, 15) is 8.42 Å². The molecule has 0 amide bonds. The molecule has 0 unspecified atom stereocenters. The largest absolute Gasteiger partial charge is 0.486 e. The highest BCUT2D eigenvalue weighted by atomic mass is 32.2. The minimum Gasteiger partial charge on any atom is -0.486 e. The van der Waals surface area contributed by atoms with Crippen LogP contribution in [0.2, 0.25) is 0 Å². The Balaban J connectivity index is 1.99. The molecule has 0 aromatic heterocycles. The monoisotopic (exact) mass is 305 g/mol. The third-order valence-electron chi connectivity index (χ3n) is 3.16. The molecule has 0 spiro atoms. The van der Waals surface area contributed by atoms with Crippen LogP contribution in [0, 0.1) is 6.92 Å². The van der Waals surface area contributed by atoms with E-state index in [2.05, 4.69) is 4.72 Å². The molecule has 6 heteroatoms. The molecule has 0 aliphatic carbocycles. The van der Waals surface area contributed by atoms with Crippen molar-refractivity contribution in [2.75, 3.05) is 17.9 Å². The van der Waals surface area contributed by atoms with Gasteiger partial charge in [0.15, 0.2) is 11.5 Å². The zero-order valence-corrected chi connectivity index (χ0v) is 12.3. The first-order valence-corrected chi connectivity index (χ1v) is 8.03. The molecular formula is C15H15NO4S. The number of para-hydroxylation sites is 1. The first kappa shape index (κ1) is 13.8. The fourth-order valence-electron chi connectivity index (χ4n) is 2.18. The molecule has 2 aromatic rings. The van der Waals surface area contributed by atoms with E-state index in [-0.39, 0.29) is 4.90 Å². The Morgan fingerprint density at radius 3 is 2.29 bits per heavy atom. The van der Waals surface area contributed by atoms with Gasteiger partial charge in [-0.3, -0.25) is 4.72 Å². The van der Waals surface area contributed by atoms with Crippen LogP contribution in [0.5, 0.6) is 11.5 Å². The van der Waals surface area contributed by atoms with E-state index in [1.54, 1.807) is 37.3 Å². The van der Waals surface area contributed by atoms with Gasteiger partial charge in [-0.25, -0.2) is 8.42 Å². The second-order valence-corrected chi connectivity index (χ2v) is 6.38. The van der Waals surface area contributed by atoms with Gasteiger partial charge in [0.25, 0.3) is 10.0 Å². The Bertz CT molecular complexity index is 757. The van der Waals surface area contributed by atoms with Crippen molar-refractivity contribution < 1.29 is 17.9 Å². The van der Waals surface area contributed by atoms with Crippen molar-refractivity contribution in [1.29, 1.82) is 0 Å². The third kappa shape index (κ3) is 2.80. The Hall–Kier alpha value is -2.21. The van der Waals surface area contributed by atoms with Gasteiger partial charge < -0.3 is 9.47 Å². The Kier molecular flexibility index (Phi) is 3.47. The number of fused-ring (bicyclic) bond motifs is 1. The Morgan fingerprint density at radius 1 is 1.00 bits per heavy atom. The molecule has 0 radical (unpaired) electrons. The number of sulfonamides is 1. The molecule has 110 valence electrons. The van der Waals surface area contributed by atoms with E-state index in [0.29, 0.717) is 36.0 Å². The number of anilines is 1. The number of nitrogens with one attached hydrogen (secondary N) is 1. The molecule has 5 nitrogen and oxygen atoms in total. The topological polar surface area (TPSA) is 64.6 Å². The summed E-state index contributed by atoms with van der Waals surface area (Å²) in [5.41, 5.74) is 1.13. The molecule has 0 saturated heterocycles. The number of hydrogen-bond donors (Lipinski definition) is 1. The van der Waals surface area contributed by atoms with Crippen molar-refractivity contribution in [2.24, 2.45) is 0 Å². The highest BCUT2D eigenvalue weighted by Crippen LogP contribution is 2.35. The predicted octanol–water partition coefficient (Wildman–Crippen LogP) is 2.57. The van der Waals surface area contributed by atoms with Crippen molar-refractivity contribution in [1.82, 2.24) is 0 Å². The molecule has 3 rings (SSSR count). The van der Waals surface area contributed by atoms with Gasteiger partial charge in [-0.05, 0) is 30.7 Å². The summed E-state index contributed by atoms with van der Waals surface area (Å²) in [4.78, 5) is 0.190. The SMILES string of the molecule is Cc1cc2c(cc1S(=O)(=O)Nc1ccccc1)OCCO2. The number of benzene rings is 2. The molecule has 21 heavy (non-hydrogen) atoms. The van der Waals surface area contributed by atoms with E-state index in [4.69, 9.17) is 9.47 Å². The van der Waals surface area contributed by atoms with Gasteiger partial charge in [-0.15, -0.1) is 0 Å². The first-order chi connectivity index (χ1) is 10.1. The summed E-state index contributed by atoms with van der Waals surface area (Å²) in [6.45, 7) is 2.63. The number of aryl methyl sites for hydroxylation is 1. The summed E-state index contributed by atoms with van der Waals surface area (Å²) in [6, 6.07) is 12.0. The van der Waals surface area contributed by atoms with Crippen LogP contribution in [0.4, 0.5) is 5.69 Å². The second-order valence-electron chi connectivity index (χ2n) is 4.73.